The standard InChI is InChI=1S/C16H22F2N2O/c1-2-4-19-6-8-20(9-7-19)5-3-16(21)13-10-14(17)12-15(18)11-13/h10-12H,2-9H2,1H3. The molecule has 1 fully saturated rings. The average Bonchev–Trinajstić information content (AvgIpc) is 2.45. The second-order valence-corrected chi connectivity index (χ2v) is 5.51. The predicted octanol–water partition coefficient (Wildman–Crippen LogP) is 2.57. The van der Waals surface area contributed by atoms with Gasteiger partial charge in [-0.3, -0.25) is 4.79 Å². The minimum Gasteiger partial charge on any atom is -0.301 e. The summed E-state index contributed by atoms with van der Waals surface area (Å²) in [5, 5.41) is 0. The maximum absolute atomic E-state index is 13.1. The molecule has 1 aromatic carbocycles. The Morgan fingerprint density at radius 1 is 1.00 bits per heavy atom. The summed E-state index contributed by atoms with van der Waals surface area (Å²) in [6.07, 6.45) is 1.46. The van der Waals surface area contributed by atoms with E-state index in [1.807, 2.05) is 0 Å². The third-order valence-electron chi connectivity index (χ3n) is 3.84. The number of halogens is 2. The minimum atomic E-state index is -0.702. The molecule has 5 heteroatoms. The van der Waals surface area contributed by atoms with Crippen LogP contribution in [-0.2, 0) is 0 Å². The topological polar surface area (TPSA) is 23.6 Å². The summed E-state index contributed by atoms with van der Waals surface area (Å²) in [7, 11) is 0. The third kappa shape index (κ3) is 4.86. The van der Waals surface area contributed by atoms with E-state index in [9.17, 15) is 13.6 Å². The van der Waals surface area contributed by atoms with Crippen LogP contribution in [0.5, 0.6) is 0 Å². The van der Waals surface area contributed by atoms with Gasteiger partial charge < -0.3 is 9.80 Å². The molecular formula is C16H22F2N2O. The molecule has 116 valence electrons. The van der Waals surface area contributed by atoms with Gasteiger partial charge in [0.2, 0.25) is 0 Å². The van der Waals surface area contributed by atoms with Gasteiger partial charge in [0.25, 0.3) is 0 Å². The number of carbonyl (C=O) groups is 1. The van der Waals surface area contributed by atoms with Crippen molar-refractivity contribution in [1.29, 1.82) is 0 Å². The number of Topliss-reactive ketones (excluding diaryl/α,β-unsaturated/α-hetero) is 1. The minimum absolute atomic E-state index is 0.122. The molecule has 21 heavy (non-hydrogen) atoms. The van der Waals surface area contributed by atoms with Crippen LogP contribution in [0.25, 0.3) is 0 Å². The number of hydrogen-bond donors (Lipinski definition) is 0. The van der Waals surface area contributed by atoms with Crippen molar-refractivity contribution in [3.05, 3.63) is 35.4 Å². The molecule has 0 radical (unpaired) electrons. The second kappa shape index (κ2) is 7.61. The summed E-state index contributed by atoms with van der Waals surface area (Å²) in [6.45, 7) is 7.89. The Hall–Kier alpha value is -1.33. The molecule has 0 spiro atoms. The maximum Gasteiger partial charge on any atom is 0.164 e. The van der Waals surface area contributed by atoms with Crippen molar-refractivity contribution in [3.8, 4) is 0 Å². The van der Waals surface area contributed by atoms with Crippen molar-refractivity contribution >= 4 is 5.78 Å². The molecule has 0 aromatic heterocycles. The van der Waals surface area contributed by atoms with Gasteiger partial charge in [-0.15, -0.1) is 0 Å². The van der Waals surface area contributed by atoms with Crippen LogP contribution in [0.4, 0.5) is 8.78 Å². The van der Waals surface area contributed by atoms with E-state index < -0.39 is 11.6 Å². The zero-order chi connectivity index (χ0) is 15.2. The SMILES string of the molecule is CCCN1CCN(CCC(=O)c2cc(F)cc(F)c2)CC1. The number of hydrogen-bond acceptors (Lipinski definition) is 3. The first-order chi connectivity index (χ1) is 10.1. The zero-order valence-corrected chi connectivity index (χ0v) is 12.4. The quantitative estimate of drug-likeness (QED) is 0.754. The van der Waals surface area contributed by atoms with Crippen LogP contribution in [0.3, 0.4) is 0 Å². The van der Waals surface area contributed by atoms with Crippen molar-refractivity contribution in [1.82, 2.24) is 9.80 Å². The number of rotatable bonds is 6. The summed E-state index contributed by atoms with van der Waals surface area (Å²) < 4.78 is 26.2. The van der Waals surface area contributed by atoms with Gasteiger partial charge in [0.15, 0.2) is 5.78 Å². The van der Waals surface area contributed by atoms with Crippen LogP contribution in [0, 0.1) is 11.6 Å². The molecule has 1 aliphatic rings. The van der Waals surface area contributed by atoms with Gasteiger partial charge in [-0.25, -0.2) is 8.78 Å². The first-order valence-electron chi connectivity index (χ1n) is 7.52. The molecule has 0 bridgehead atoms. The molecular weight excluding hydrogens is 274 g/mol. The van der Waals surface area contributed by atoms with Crippen LogP contribution in [0.1, 0.15) is 30.1 Å². The van der Waals surface area contributed by atoms with Crippen LogP contribution in [0.2, 0.25) is 0 Å². The molecule has 1 saturated heterocycles. The fourth-order valence-electron chi connectivity index (χ4n) is 2.67. The molecule has 0 N–H and O–H groups in total. The van der Waals surface area contributed by atoms with E-state index in [1.165, 1.54) is 0 Å². The van der Waals surface area contributed by atoms with Crippen LogP contribution >= 0.6 is 0 Å². The van der Waals surface area contributed by atoms with E-state index in [-0.39, 0.29) is 11.3 Å². The van der Waals surface area contributed by atoms with Gasteiger partial charge in [-0.1, -0.05) is 6.92 Å². The first-order valence-corrected chi connectivity index (χ1v) is 7.52. The molecule has 0 unspecified atom stereocenters. The molecule has 1 aromatic rings. The van der Waals surface area contributed by atoms with Gasteiger partial charge in [0.05, 0.1) is 0 Å². The summed E-state index contributed by atoms with van der Waals surface area (Å²) >= 11 is 0. The predicted molar refractivity (Wildman–Crippen MR) is 78.5 cm³/mol. The Balaban J connectivity index is 1.79. The van der Waals surface area contributed by atoms with Crippen molar-refractivity contribution < 1.29 is 13.6 Å². The van der Waals surface area contributed by atoms with E-state index in [4.69, 9.17) is 0 Å². The summed E-state index contributed by atoms with van der Waals surface area (Å²) in [5.74, 6) is -1.61. The second-order valence-electron chi connectivity index (χ2n) is 5.51. The highest BCUT2D eigenvalue weighted by molar-refractivity contribution is 5.96. The smallest absolute Gasteiger partial charge is 0.164 e. The van der Waals surface area contributed by atoms with Gasteiger partial charge >= 0.3 is 0 Å². The van der Waals surface area contributed by atoms with Crippen LogP contribution in [0.15, 0.2) is 18.2 Å². The molecule has 1 aliphatic heterocycles. The summed E-state index contributed by atoms with van der Waals surface area (Å²) in [5.41, 5.74) is 0.122. The molecule has 0 saturated carbocycles. The average molecular weight is 296 g/mol. The van der Waals surface area contributed by atoms with Gasteiger partial charge in [-0.05, 0) is 25.1 Å². The summed E-state index contributed by atoms with van der Waals surface area (Å²) in [4.78, 5) is 16.6. The Bertz CT molecular complexity index is 465. The molecule has 0 amide bonds. The largest absolute Gasteiger partial charge is 0.301 e. The summed E-state index contributed by atoms with van der Waals surface area (Å²) in [6, 6.07) is 2.99. The monoisotopic (exact) mass is 296 g/mol. The number of benzene rings is 1. The Kier molecular flexibility index (Phi) is 5.82. The van der Waals surface area contributed by atoms with Crippen molar-refractivity contribution in [3.63, 3.8) is 0 Å². The number of ketones is 1. The lowest BCUT2D eigenvalue weighted by Gasteiger charge is -2.34. The van der Waals surface area contributed by atoms with E-state index >= 15 is 0 Å². The molecule has 1 heterocycles. The van der Waals surface area contributed by atoms with E-state index in [2.05, 4.69) is 16.7 Å². The maximum atomic E-state index is 13.1. The van der Waals surface area contributed by atoms with Crippen LogP contribution < -0.4 is 0 Å². The van der Waals surface area contributed by atoms with Gasteiger partial charge in [0.1, 0.15) is 11.6 Å². The zero-order valence-electron chi connectivity index (χ0n) is 12.4. The fraction of sp³-hybridized carbons (Fsp3) is 0.562. The lowest BCUT2D eigenvalue weighted by atomic mass is 10.1. The molecule has 3 nitrogen and oxygen atoms in total. The Labute approximate surface area is 124 Å². The fourth-order valence-corrected chi connectivity index (χ4v) is 2.67. The van der Waals surface area contributed by atoms with Gasteiger partial charge in [0, 0.05) is 50.8 Å². The van der Waals surface area contributed by atoms with E-state index in [0.717, 1.165) is 57.3 Å². The number of piperazine rings is 1. The number of carbonyl (C=O) groups excluding carboxylic acids is 1. The van der Waals surface area contributed by atoms with Crippen molar-refractivity contribution in [2.24, 2.45) is 0 Å². The first kappa shape index (κ1) is 16.0. The molecule has 2 rings (SSSR count). The Morgan fingerprint density at radius 2 is 1.52 bits per heavy atom. The highest BCUT2D eigenvalue weighted by Crippen LogP contribution is 2.11. The lowest BCUT2D eigenvalue weighted by Crippen LogP contribution is -2.46. The highest BCUT2D eigenvalue weighted by atomic mass is 19.1. The number of nitrogens with zero attached hydrogens (tertiary/aromatic N) is 2. The van der Waals surface area contributed by atoms with Crippen molar-refractivity contribution in [2.75, 3.05) is 39.3 Å². The Morgan fingerprint density at radius 3 is 2.05 bits per heavy atom. The van der Waals surface area contributed by atoms with Crippen molar-refractivity contribution in [2.45, 2.75) is 19.8 Å². The lowest BCUT2D eigenvalue weighted by molar-refractivity contribution is 0.0927. The third-order valence-corrected chi connectivity index (χ3v) is 3.84. The van der Waals surface area contributed by atoms with E-state index in [1.54, 1.807) is 0 Å². The molecule has 0 aliphatic carbocycles. The normalized spacial score (nSPS) is 17.1. The molecule has 0 atom stereocenters. The van der Waals surface area contributed by atoms with Gasteiger partial charge in [-0.2, -0.15) is 0 Å². The highest BCUT2D eigenvalue weighted by Gasteiger charge is 2.17. The van der Waals surface area contributed by atoms with Crippen LogP contribution in [-0.4, -0.2) is 54.9 Å². The van der Waals surface area contributed by atoms with E-state index in [0.29, 0.717) is 13.0 Å².